The maximum Gasteiger partial charge on any atom is 0.322 e. The summed E-state index contributed by atoms with van der Waals surface area (Å²) >= 11 is 2.18. The molecule has 1 amide bonds. The van der Waals surface area contributed by atoms with Crippen LogP contribution in [0.5, 0.6) is 11.8 Å². The number of nitrogens with one attached hydrogen (secondary N) is 1. The topological polar surface area (TPSA) is 64.1 Å². The Bertz CT molecular complexity index is 938. The van der Waals surface area contributed by atoms with Gasteiger partial charge >= 0.3 is 6.01 Å². The van der Waals surface area contributed by atoms with Crippen LogP contribution in [0.25, 0.3) is 0 Å². The Labute approximate surface area is 163 Å². The zero-order valence-electron chi connectivity index (χ0n) is 14.1. The number of aromatic nitrogens is 2. The van der Waals surface area contributed by atoms with E-state index >= 15 is 0 Å². The SMILES string of the molecule is Cc1nc(Oc2ccccc2F)nc(C)c1NC(=O)c1ccc(I)cc1. The second-order valence-electron chi connectivity index (χ2n) is 5.55. The number of anilines is 1. The molecule has 0 radical (unpaired) electrons. The molecule has 1 heterocycles. The Morgan fingerprint density at radius 2 is 1.65 bits per heavy atom. The maximum atomic E-state index is 13.7. The number of aryl methyl sites for hydroxylation is 2. The number of amides is 1. The summed E-state index contributed by atoms with van der Waals surface area (Å²) in [5, 5.41) is 2.82. The van der Waals surface area contributed by atoms with Crippen LogP contribution >= 0.6 is 22.6 Å². The molecule has 3 aromatic rings. The molecule has 1 N–H and O–H groups in total. The lowest BCUT2D eigenvalue weighted by Crippen LogP contribution is -2.15. The van der Waals surface area contributed by atoms with Crippen molar-refractivity contribution in [3.8, 4) is 11.8 Å². The summed E-state index contributed by atoms with van der Waals surface area (Å²) in [6.07, 6.45) is 0. The van der Waals surface area contributed by atoms with Crippen molar-refractivity contribution in [3.63, 3.8) is 0 Å². The molecule has 0 spiro atoms. The maximum absolute atomic E-state index is 13.7. The number of carbonyl (C=O) groups is 1. The smallest absolute Gasteiger partial charge is 0.322 e. The molecule has 26 heavy (non-hydrogen) atoms. The number of nitrogens with zero attached hydrogens (tertiary/aromatic N) is 2. The van der Waals surface area contributed by atoms with E-state index in [1.807, 2.05) is 12.1 Å². The number of ether oxygens (including phenoxy) is 1. The molecule has 1 aromatic heterocycles. The molecule has 0 aliphatic rings. The molecule has 0 aliphatic heterocycles. The molecule has 132 valence electrons. The van der Waals surface area contributed by atoms with Crippen molar-refractivity contribution in [3.05, 3.63) is 74.9 Å². The van der Waals surface area contributed by atoms with E-state index in [-0.39, 0.29) is 17.7 Å². The highest BCUT2D eigenvalue weighted by Crippen LogP contribution is 2.25. The Hall–Kier alpha value is -2.55. The van der Waals surface area contributed by atoms with E-state index in [4.69, 9.17) is 4.74 Å². The van der Waals surface area contributed by atoms with Crippen LogP contribution in [0, 0.1) is 23.2 Å². The van der Waals surface area contributed by atoms with Gasteiger partial charge in [0.15, 0.2) is 11.6 Å². The summed E-state index contributed by atoms with van der Waals surface area (Å²) in [5.41, 5.74) is 2.11. The van der Waals surface area contributed by atoms with E-state index in [1.54, 1.807) is 38.1 Å². The van der Waals surface area contributed by atoms with Gasteiger partial charge in [-0.1, -0.05) is 12.1 Å². The average Bonchev–Trinajstić information content (AvgIpc) is 2.60. The molecular formula is C19H15FIN3O2. The number of rotatable bonds is 4. The molecule has 2 aromatic carbocycles. The molecule has 0 saturated carbocycles. The zero-order chi connectivity index (χ0) is 18.7. The molecule has 5 nitrogen and oxygen atoms in total. The van der Waals surface area contributed by atoms with E-state index in [0.717, 1.165) is 3.57 Å². The van der Waals surface area contributed by atoms with Crippen molar-refractivity contribution in [2.75, 3.05) is 5.32 Å². The summed E-state index contributed by atoms with van der Waals surface area (Å²) < 4.78 is 20.2. The van der Waals surface area contributed by atoms with Crippen LogP contribution in [0.3, 0.4) is 0 Å². The quantitative estimate of drug-likeness (QED) is 0.561. The van der Waals surface area contributed by atoms with Crippen molar-refractivity contribution in [1.82, 2.24) is 9.97 Å². The lowest BCUT2D eigenvalue weighted by Gasteiger charge is -2.12. The van der Waals surface area contributed by atoms with Gasteiger partial charge < -0.3 is 10.1 Å². The summed E-state index contributed by atoms with van der Waals surface area (Å²) in [6, 6.07) is 13.3. The van der Waals surface area contributed by atoms with Gasteiger partial charge in [0.2, 0.25) is 0 Å². The molecule has 0 bridgehead atoms. The van der Waals surface area contributed by atoms with Crippen molar-refractivity contribution in [2.45, 2.75) is 13.8 Å². The highest BCUT2D eigenvalue weighted by atomic mass is 127. The summed E-state index contributed by atoms with van der Waals surface area (Å²) in [4.78, 5) is 20.8. The van der Waals surface area contributed by atoms with Crippen LogP contribution in [-0.4, -0.2) is 15.9 Å². The van der Waals surface area contributed by atoms with Crippen molar-refractivity contribution in [1.29, 1.82) is 0 Å². The largest absolute Gasteiger partial charge is 0.421 e. The van der Waals surface area contributed by atoms with Crippen LogP contribution in [-0.2, 0) is 0 Å². The second-order valence-corrected chi connectivity index (χ2v) is 6.79. The first-order valence-electron chi connectivity index (χ1n) is 7.78. The average molecular weight is 463 g/mol. The van der Waals surface area contributed by atoms with Gasteiger partial charge in [-0.3, -0.25) is 4.79 Å². The standard InChI is InChI=1S/C19H15FIN3O2/c1-11-17(24-18(25)13-7-9-14(21)10-8-13)12(2)23-19(22-11)26-16-6-4-3-5-15(16)20/h3-10H,1-2H3,(H,24,25). The zero-order valence-corrected chi connectivity index (χ0v) is 16.2. The highest BCUT2D eigenvalue weighted by Gasteiger charge is 2.15. The van der Waals surface area contributed by atoms with Crippen LogP contribution in [0.2, 0.25) is 0 Å². The van der Waals surface area contributed by atoms with Crippen LogP contribution in [0.4, 0.5) is 10.1 Å². The fourth-order valence-electron chi connectivity index (χ4n) is 2.32. The van der Waals surface area contributed by atoms with Gasteiger partial charge in [0.05, 0.1) is 17.1 Å². The first kappa shape index (κ1) is 18.2. The minimum absolute atomic E-state index is 0.0253. The number of para-hydroxylation sites is 1. The molecule has 3 rings (SSSR count). The number of hydrogen-bond acceptors (Lipinski definition) is 4. The van der Waals surface area contributed by atoms with E-state index in [9.17, 15) is 9.18 Å². The third-order valence-electron chi connectivity index (χ3n) is 3.63. The Balaban J connectivity index is 1.82. The first-order valence-corrected chi connectivity index (χ1v) is 8.86. The predicted octanol–water partition coefficient (Wildman–Crippen LogP) is 4.88. The molecular weight excluding hydrogens is 448 g/mol. The minimum Gasteiger partial charge on any atom is -0.421 e. The lowest BCUT2D eigenvalue weighted by atomic mass is 10.2. The van der Waals surface area contributed by atoms with Gasteiger partial charge in [0.1, 0.15) is 0 Å². The Morgan fingerprint density at radius 3 is 2.27 bits per heavy atom. The van der Waals surface area contributed by atoms with Gasteiger partial charge in [0.25, 0.3) is 5.91 Å². The normalized spacial score (nSPS) is 10.5. The lowest BCUT2D eigenvalue weighted by molar-refractivity contribution is 0.102. The van der Waals surface area contributed by atoms with Crippen molar-refractivity contribution in [2.24, 2.45) is 0 Å². The fourth-order valence-corrected chi connectivity index (χ4v) is 2.68. The van der Waals surface area contributed by atoms with Crippen molar-refractivity contribution < 1.29 is 13.9 Å². The van der Waals surface area contributed by atoms with Gasteiger partial charge in [-0.15, -0.1) is 0 Å². The van der Waals surface area contributed by atoms with Crippen LogP contribution in [0.1, 0.15) is 21.7 Å². The Morgan fingerprint density at radius 1 is 1.04 bits per heavy atom. The predicted molar refractivity (Wildman–Crippen MR) is 105 cm³/mol. The number of hydrogen-bond donors (Lipinski definition) is 1. The van der Waals surface area contributed by atoms with Gasteiger partial charge in [-0.2, -0.15) is 9.97 Å². The third-order valence-corrected chi connectivity index (χ3v) is 4.35. The number of benzene rings is 2. The van der Waals surface area contributed by atoms with Crippen molar-refractivity contribution >= 4 is 34.2 Å². The van der Waals surface area contributed by atoms with E-state index in [0.29, 0.717) is 22.6 Å². The molecule has 0 atom stereocenters. The molecule has 0 fully saturated rings. The van der Waals surface area contributed by atoms with Gasteiger partial charge in [-0.05, 0) is 72.8 Å². The van der Waals surface area contributed by atoms with Crippen LogP contribution in [0.15, 0.2) is 48.5 Å². The minimum atomic E-state index is -0.498. The summed E-state index contributed by atoms with van der Waals surface area (Å²) in [5.74, 6) is -0.705. The summed E-state index contributed by atoms with van der Waals surface area (Å²) in [7, 11) is 0. The van der Waals surface area contributed by atoms with E-state index in [1.165, 1.54) is 12.1 Å². The summed E-state index contributed by atoms with van der Waals surface area (Å²) in [6.45, 7) is 3.46. The molecule has 7 heteroatoms. The van der Waals surface area contributed by atoms with E-state index in [2.05, 4.69) is 37.9 Å². The molecule has 0 aliphatic carbocycles. The Kier molecular flexibility index (Phi) is 5.46. The van der Waals surface area contributed by atoms with Gasteiger partial charge in [-0.25, -0.2) is 4.39 Å². The molecule has 0 saturated heterocycles. The fraction of sp³-hybridized carbons (Fsp3) is 0.105. The molecule has 0 unspecified atom stereocenters. The number of carbonyl (C=O) groups excluding carboxylic acids is 1. The highest BCUT2D eigenvalue weighted by molar-refractivity contribution is 14.1. The van der Waals surface area contributed by atoms with E-state index < -0.39 is 5.82 Å². The first-order chi connectivity index (χ1) is 12.4. The number of halogens is 2. The third kappa shape index (κ3) is 4.16. The second kappa shape index (κ2) is 7.77. The monoisotopic (exact) mass is 463 g/mol. The van der Waals surface area contributed by atoms with Gasteiger partial charge in [0, 0.05) is 9.13 Å². The van der Waals surface area contributed by atoms with Crippen LogP contribution < -0.4 is 10.1 Å².